The van der Waals surface area contributed by atoms with Gasteiger partial charge in [0.05, 0.1) is 5.56 Å². The van der Waals surface area contributed by atoms with E-state index in [4.69, 9.17) is 4.74 Å². The van der Waals surface area contributed by atoms with Crippen molar-refractivity contribution in [2.75, 3.05) is 18.4 Å². The average molecular weight is 408 g/mol. The SMILES string of the molecule is N#Cc1c(NC(=O)C=Cc2cccnc2)sc2c1CCC(OC(=O)N1CCC1)C2. The first-order valence-corrected chi connectivity index (χ1v) is 10.3. The van der Waals surface area contributed by atoms with Gasteiger partial charge in [0.2, 0.25) is 5.91 Å². The predicted molar refractivity (Wildman–Crippen MR) is 109 cm³/mol. The zero-order chi connectivity index (χ0) is 20.2. The Labute approximate surface area is 172 Å². The fourth-order valence-corrected chi connectivity index (χ4v) is 4.64. The molecule has 1 unspecified atom stereocenters. The molecular formula is C21H20N4O3S. The monoisotopic (exact) mass is 408 g/mol. The van der Waals surface area contributed by atoms with Crippen LogP contribution >= 0.6 is 11.3 Å². The molecule has 1 saturated heterocycles. The van der Waals surface area contributed by atoms with Crippen molar-refractivity contribution in [2.24, 2.45) is 0 Å². The quantitative estimate of drug-likeness (QED) is 0.783. The number of amides is 2. The van der Waals surface area contributed by atoms with Crippen molar-refractivity contribution in [3.05, 3.63) is 52.2 Å². The Morgan fingerprint density at radius 2 is 2.28 bits per heavy atom. The summed E-state index contributed by atoms with van der Waals surface area (Å²) in [6, 6.07) is 5.87. The van der Waals surface area contributed by atoms with Crippen LogP contribution in [0.4, 0.5) is 9.80 Å². The number of thiophene rings is 1. The van der Waals surface area contributed by atoms with E-state index in [1.165, 1.54) is 17.4 Å². The van der Waals surface area contributed by atoms with Crippen LogP contribution in [0.3, 0.4) is 0 Å². The van der Waals surface area contributed by atoms with Crippen LogP contribution < -0.4 is 5.32 Å². The molecule has 0 bridgehead atoms. The number of nitriles is 1. The predicted octanol–water partition coefficient (Wildman–Crippen LogP) is 3.37. The lowest BCUT2D eigenvalue weighted by Gasteiger charge is -2.32. The molecule has 8 heteroatoms. The highest BCUT2D eigenvalue weighted by molar-refractivity contribution is 7.16. The number of ether oxygens (including phenoxy) is 1. The minimum atomic E-state index is -0.301. The fraction of sp³-hybridized carbons (Fsp3) is 0.333. The van der Waals surface area contributed by atoms with E-state index in [1.54, 1.807) is 29.4 Å². The van der Waals surface area contributed by atoms with Crippen LogP contribution in [0.5, 0.6) is 0 Å². The van der Waals surface area contributed by atoms with Crippen molar-refractivity contribution in [1.82, 2.24) is 9.88 Å². The second kappa shape index (κ2) is 8.45. The number of rotatable bonds is 4. The van der Waals surface area contributed by atoms with Gasteiger partial charge >= 0.3 is 6.09 Å². The van der Waals surface area contributed by atoms with Crippen LogP contribution in [0.25, 0.3) is 6.08 Å². The van der Waals surface area contributed by atoms with Crippen molar-refractivity contribution < 1.29 is 14.3 Å². The number of carbonyl (C=O) groups is 2. The highest BCUT2D eigenvalue weighted by Gasteiger charge is 2.30. The van der Waals surface area contributed by atoms with E-state index in [0.717, 1.165) is 35.5 Å². The van der Waals surface area contributed by atoms with Crippen LogP contribution in [0.15, 0.2) is 30.6 Å². The van der Waals surface area contributed by atoms with Crippen LogP contribution in [-0.2, 0) is 22.4 Å². The Morgan fingerprint density at radius 1 is 1.41 bits per heavy atom. The molecule has 1 aliphatic heterocycles. The largest absolute Gasteiger partial charge is 0.446 e. The second-order valence-corrected chi connectivity index (χ2v) is 8.12. The molecule has 148 valence electrons. The first kappa shape index (κ1) is 19.2. The molecule has 0 saturated carbocycles. The van der Waals surface area contributed by atoms with Crippen LogP contribution in [0.2, 0.25) is 0 Å². The lowest BCUT2D eigenvalue weighted by Crippen LogP contribution is -2.44. The lowest BCUT2D eigenvalue weighted by atomic mass is 9.94. The molecule has 0 aromatic carbocycles. The van der Waals surface area contributed by atoms with Crippen molar-refractivity contribution in [3.8, 4) is 6.07 Å². The third-order valence-corrected chi connectivity index (χ3v) is 6.23. The summed E-state index contributed by atoms with van der Waals surface area (Å²) in [5.74, 6) is -0.301. The number of likely N-dealkylation sites (tertiary alicyclic amines) is 1. The van der Waals surface area contributed by atoms with Gasteiger partial charge in [-0.1, -0.05) is 6.07 Å². The molecule has 4 rings (SSSR count). The molecule has 1 aliphatic carbocycles. The van der Waals surface area contributed by atoms with Gasteiger partial charge in [-0.2, -0.15) is 5.26 Å². The first-order chi connectivity index (χ1) is 14.1. The first-order valence-electron chi connectivity index (χ1n) is 9.53. The number of nitrogens with one attached hydrogen (secondary N) is 1. The smallest absolute Gasteiger partial charge is 0.410 e. The zero-order valence-electron chi connectivity index (χ0n) is 15.8. The fourth-order valence-electron chi connectivity index (χ4n) is 3.38. The van der Waals surface area contributed by atoms with E-state index in [1.807, 2.05) is 6.07 Å². The highest BCUT2D eigenvalue weighted by atomic mass is 32.1. The van der Waals surface area contributed by atoms with Gasteiger partial charge in [0.25, 0.3) is 0 Å². The van der Waals surface area contributed by atoms with Gasteiger partial charge in [0, 0.05) is 42.9 Å². The minimum Gasteiger partial charge on any atom is -0.446 e. The topological polar surface area (TPSA) is 95.3 Å². The van der Waals surface area contributed by atoms with Crippen molar-refractivity contribution in [1.29, 1.82) is 5.26 Å². The van der Waals surface area contributed by atoms with E-state index in [0.29, 0.717) is 29.8 Å². The molecular weight excluding hydrogens is 388 g/mol. The molecule has 29 heavy (non-hydrogen) atoms. The summed E-state index contributed by atoms with van der Waals surface area (Å²) >= 11 is 1.39. The molecule has 2 aliphatic rings. The van der Waals surface area contributed by atoms with Gasteiger partial charge in [0.1, 0.15) is 17.2 Å². The van der Waals surface area contributed by atoms with Gasteiger partial charge in [-0.3, -0.25) is 9.78 Å². The Morgan fingerprint density at radius 3 is 2.97 bits per heavy atom. The number of anilines is 1. The number of hydrogen-bond acceptors (Lipinski definition) is 6. The van der Waals surface area contributed by atoms with Crippen molar-refractivity contribution >= 4 is 34.4 Å². The van der Waals surface area contributed by atoms with Crippen LogP contribution in [-0.4, -0.2) is 41.1 Å². The molecule has 2 aromatic rings. The number of nitrogens with zero attached hydrogens (tertiary/aromatic N) is 3. The standard InChI is InChI=1S/C21H20N4O3S/c22-12-17-16-6-5-15(28-21(27)25-9-2-10-25)11-18(16)29-20(17)24-19(26)7-4-14-3-1-8-23-13-14/h1,3-4,7-8,13,15H,2,5-6,9-11H2,(H,24,26). The Balaban J connectivity index is 1.43. The van der Waals surface area contributed by atoms with E-state index in [9.17, 15) is 14.9 Å². The summed E-state index contributed by atoms with van der Waals surface area (Å²) in [7, 11) is 0. The minimum absolute atomic E-state index is 0.185. The zero-order valence-corrected chi connectivity index (χ0v) is 16.6. The third-order valence-electron chi connectivity index (χ3n) is 5.06. The van der Waals surface area contributed by atoms with E-state index in [2.05, 4.69) is 16.4 Å². The van der Waals surface area contributed by atoms with Crippen molar-refractivity contribution in [3.63, 3.8) is 0 Å². The van der Waals surface area contributed by atoms with Crippen LogP contribution in [0.1, 0.15) is 34.4 Å². The Bertz CT molecular complexity index is 989. The maximum atomic E-state index is 12.3. The molecule has 2 aromatic heterocycles. The molecule has 1 N–H and O–H groups in total. The number of aromatic nitrogens is 1. The van der Waals surface area contributed by atoms with Gasteiger partial charge < -0.3 is 15.0 Å². The van der Waals surface area contributed by atoms with E-state index < -0.39 is 0 Å². The average Bonchev–Trinajstić information content (AvgIpc) is 3.01. The number of carbonyl (C=O) groups excluding carboxylic acids is 2. The normalized spacial score (nSPS) is 17.9. The molecule has 3 heterocycles. The molecule has 2 amide bonds. The highest BCUT2D eigenvalue weighted by Crippen LogP contribution is 2.38. The van der Waals surface area contributed by atoms with Gasteiger partial charge in [0.15, 0.2) is 0 Å². The Hall–Kier alpha value is -3.18. The maximum Gasteiger partial charge on any atom is 0.410 e. The summed E-state index contributed by atoms with van der Waals surface area (Å²) in [5.41, 5.74) is 2.29. The lowest BCUT2D eigenvalue weighted by molar-refractivity contribution is -0.111. The number of fused-ring (bicyclic) bond motifs is 1. The van der Waals surface area contributed by atoms with Crippen molar-refractivity contribution in [2.45, 2.75) is 31.8 Å². The van der Waals surface area contributed by atoms with Gasteiger partial charge in [-0.25, -0.2) is 4.79 Å². The summed E-state index contributed by atoms with van der Waals surface area (Å²) in [5, 5.41) is 13.0. The van der Waals surface area contributed by atoms with Gasteiger partial charge in [-0.05, 0) is 42.5 Å². The summed E-state index contributed by atoms with van der Waals surface area (Å²) in [6.45, 7) is 1.52. The second-order valence-electron chi connectivity index (χ2n) is 7.02. The molecule has 0 spiro atoms. The summed E-state index contributed by atoms with van der Waals surface area (Å²) in [6.07, 6.45) is 8.94. The van der Waals surface area contributed by atoms with E-state index >= 15 is 0 Å². The maximum absolute atomic E-state index is 12.3. The summed E-state index contributed by atoms with van der Waals surface area (Å²) < 4.78 is 5.61. The molecule has 7 nitrogen and oxygen atoms in total. The Kier molecular flexibility index (Phi) is 5.58. The molecule has 0 radical (unpaired) electrons. The number of hydrogen-bond donors (Lipinski definition) is 1. The third kappa shape index (κ3) is 4.30. The molecule has 1 fully saturated rings. The van der Waals surface area contributed by atoms with E-state index in [-0.39, 0.29) is 18.1 Å². The molecule has 1 atom stereocenters. The summed E-state index contributed by atoms with van der Waals surface area (Å²) in [4.78, 5) is 31.1. The van der Waals surface area contributed by atoms with Crippen LogP contribution in [0, 0.1) is 11.3 Å². The van der Waals surface area contributed by atoms with Gasteiger partial charge in [-0.15, -0.1) is 11.3 Å². The number of pyridine rings is 1.